The molecule has 0 aromatic rings. The molecule has 3 heterocycles. The molecular weight excluding hydrogens is 320 g/mol. The molecule has 3 fully saturated rings. The second-order valence-electron chi connectivity index (χ2n) is 9.91. The molecule has 5 nitrogen and oxygen atoms in total. The fraction of sp³-hybridized carbons (Fsp3) is 1.00. The number of aliphatic hydroxyl groups is 2. The van der Waals surface area contributed by atoms with E-state index in [4.69, 9.17) is 14.2 Å². The van der Waals surface area contributed by atoms with E-state index < -0.39 is 11.2 Å². The summed E-state index contributed by atoms with van der Waals surface area (Å²) in [6.07, 6.45) is 5.22. The number of hydrogen-bond donors (Lipinski definition) is 2. The first-order chi connectivity index (χ1) is 11.3. The second kappa shape index (κ2) is 6.16. The minimum absolute atomic E-state index is 0.0338. The van der Waals surface area contributed by atoms with Crippen LogP contribution in [0.2, 0.25) is 0 Å². The van der Waals surface area contributed by atoms with E-state index in [1.54, 1.807) is 0 Å². The highest BCUT2D eigenvalue weighted by molar-refractivity contribution is 5.03. The zero-order valence-corrected chi connectivity index (χ0v) is 16.7. The molecule has 0 aliphatic carbocycles. The molecule has 2 N–H and O–H groups in total. The van der Waals surface area contributed by atoms with Crippen molar-refractivity contribution in [2.45, 2.75) is 127 Å². The van der Waals surface area contributed by atoms with Crippen molar-refractivity contribution in [3.63, 3.8) is 0 Å². The fourth-order valence-electron chi connectivity index (χ4n) is 4.73. The molecule has 5 heteroatoms. The van der Waals surface area contributed by atoms with Gasteiger partial charge < -0.3 is 24.4 Å². The van der Waals surface area contributed by atoms with Crippen molar-refractivity contribution in [2.24, 2.45) is 0 Å². The summed E-state index contributed by atoms with van der Waals surface area (Å²) >= 11 is 0. The van der Waals surface area contributed by atoms with Crippen LogP contribution in [0.1, 0.15) is 80.1 Å². The van der Waals surface area contributed by atoms with Gasteiger partial charge in [0.25, 0.3) is 0 Å². The van der Waals surface area contributed by atoms with E-state index >= 15 is 0 Å². The maximum Gasteiger partial charge on any atom is 0.0921 e. The third kappa shape index (κ3) is 3.77. The van der Waals surface area contributed by atoms with Crippen LogP contribution in [0, 0.1) is 0 Å². The smallest absolute Gasteiger partial charge is 0.0921 e. The van der Waals surface area contributed by atoms with Gasteiger partial charge in [-0.2, -0.15) is 0 Å². The van der Waals surface area contributed by atoms with Gasteiger partial charge in [0.1, 0.15) is 0 Å². The van der Waals surface area contributed by atoms with E-state index in [0.29, 0.717) is 0 Å². The first kappa shape index (κ1) is 19.6. The molecule has 0 spiro atoms. The average Bonchev–Trinajstić information content (AvgIpc) is 3.14. The van der Waals surface area contributed by atoms with Gasteiger partial charge in [0, 0.05) is 0 Å². The van der Waals surface area contributed by atoms with Gasteiger partial charge in [-0.1, -0.05) is 0 Å². The van der Waals surface area contributed by atoms with Crippen LogP contribution in [0.4, 0.5) is 0 Å². The Bertz CT molecular complexity index is 449. The molecule has 0 aromatic heterocycles. The third-order valence-electron chi connectivity index (χ3n) is 6.59. The maximum absolute atomic E-state index is 10.3. The van der Waals surface area contributed by atoms with Crippen molar-refractivity contribution in [3.8, 4) is 0 Å². The van der Waals surface area contributed by atoms with Crippen molar-refractivity contribution in [1.82, 2.24) is 0 Å². The van der Waals surface area contributed by atoms with Crippen LogP contribution >= 0.6 is 0 Å². The molecule has 3 saturated heterocycles. The molecule has 0 unspecified atom stereocenters. The minimum atomic E-state index is -0.823. The lowest BCUT2D eigenvalue weighted by Gasteiger charge is -2.37. The molecule has 25 heavy (non-hydrogen) atoms. The lowest BCUT2D eigenvalue weighted by Crippen LogP contribution is -2.46. The first-order valence-corrected chi connectivity index (χ1v) is 9.79. The van der Waals surface area contributed by atoms with Crippen LogP contribution in [0.5, 0.6) is 0 Å². The molecule has 3 rings (SSSR count). The van der Waals surface area contributed by atoms with Crippen LogP contribution < -0.4 is 0 Å². The zero-order valence-electron chi connectivity index (χ0n) is 16.7. The summed E-state index contributed by atoms with van der Waals surface area (Å²) in [4.78, 5) is 0. The highest BCUT2D eigenvalue weighted by atomic mass is 16.6. The monoisotopic (exact) mass is 356 g/mol. The Labute approximate surface area is 152 Å². The molecule has 0 aromatic carbocycles. The van der Waals surface area contributed by atoms with E-state index in [1.807, 2.05) is 27.7 Å². The molecule has 0 amide bonds. The highest BCUT2D eigenvalue weighted by Gasteiger charge is 2.54. The number of rotatable bonds is 4. The summed E-state index contributed by atoms with van der Waals surface area (Å²) in [5.41, 5.74) is -2.33. The van der Waals surface area contributed by atoms with Crippen molar-refractivity contribution >= 4 is 0 Å². The van der Waals surface area contributed by atoms with Crippen molar-refractivity contribution < 1.29 is 24.4 Å². The number of ether oxygens (including phenoxy) is 3. The third-order valence-corrected chi connectivity index (χ3v) is 6.59. The Morgan fingerprint density at radius 2 is 1.08 bits per heavy atom. The minimum Gasteiger partial charge on any atom is -0.388 e. The van der Waals surface area contributed by atoms with Crippen LogP contribution in [-0.2, 0) is 14.2 Å². The Balaban J connectivity index is 1.63. The SMILES string of the molecule is CC(C)(O)[C@@H]1CC[C@@](C)([C@H]2CC[C@@H]([C@@]3(C)CC[C@H](C(C)(C)O)O3)O2)O1. The van der Waals surface area contributed by atoms with Crippen LogP contribution in [-0.4, -0.2) is 57.0 Å². The van der Waals surface area contributed by atoms with E-state index in [1.165, 1.54) is 0 Å². The normalized spacial score (nSPS) is 46.1. The van der Waals surface area contributed by atoms with E-state index in [0.717, 1.165) is 38.5 Å². The lowest BCUT2D eigenvalue weighted by molar-refractivity contribution is -0.195. The molecule has 0 saturated carbocycles. The lowest BCUT2D eigenvalue weighted by atomic mass is 9.90. The second-order valence-corrected chi connectivity index (χ2v) is 9.91. The average molecular weight is 357 g/mol. The number of hydrogen-bond acceptors (Lipinski definition) is 5. The quantitative estimate of drug-likeness (QED) is 0.811. The Morgan fingerprint density at radius 1 is 0.720 bits per heavy atom. The van der Waals surface area contributed by atoms with Crippen molar-refractivity contribution in [3.05, 3.63) is 0 Å². The highest BCUT2D eigenvalue weighted by Crippen LogP contribution is 2.47. The predicted molar refractivity (Wildman–Crippen MR) is 95.5 cm³/mol. The summed E-state index contributed by atoms with van der Waals surface area (Å²) in [5, 5.41) is 20.5. The summed E-state index contributed by atoms with van der Waals surface area (Å²) in [5.74, 6) is 0. The molecular formula is C20H36O5. The molecule has 0 bridgehead atoms. The topological polar surface area (TPSA) is 68.2 Å². The van der Waals surface area contributed by atoms with Gasteiger partial charge >= 0.3 is 0 Å². The zero-order chi connectivity index (χ0) is 18.7. The van der Waals surface area contributed by atoms with Crippen LogP contribution in [0.15, 0.2) is 0 Å². The standard InChI is InChI=1S/C20H36O5/c1-17(2,21)13-9-11-19(5,24-13)15-7-8-16(23-15)20(6)12-10-14(25-20)18(3,4)22/h13-16,21-22H,7-12H2,1-6H3/t13-,14+,15+,16-,19-,20+. The predicted octanol–water partition coefficient (Wildman–Crippen LogP) is 2.95. The molecule has 3 aliphatic heterocycles. The first-order valence-electron chi connectivity index (χ1n) is 9.79. The summed E-state index contributed by atoms with van der Waals surface area (Å²) in [6.45, 7) is 11.5. The van der Waals surface area contributed by atoms with Gasteiger partial charge in [-0.25, -0.2) is 0 Å². The van der Waals surface area contributed by atoms with E-state index in [2.05, 4.69) is 13.8 Å². The van der Waals surface area contributed by atoms with E-state index in [9.17, 15) is 10.2 Å². The summed E-state index contributed by atoms with van der Waals surface area (Å²) in [7, 11) is 0. The van der Waals surface area contributed by atoms with Gasteiger partial charge in [0.05, 0.1) is 46.8 Å². The fourth-order valence-corrected chi connectivity index (χ4v) is 4.73. The molecule has 146 valence electrons. The molecule has 3 aliphatic rings. The Morgan fingerprint density at radius 3 is 1.36 bits per heavy atom. The summed E-state index contributed by atoms with van der Waals surface area (Å²) in [6, 6.07) is 0. The van der Waals surface area contributed by atoms with Crippen LogP contribution in [0.3, 0.4) is 0 Å². The Hall–Kier alpha value is -0.200. The van der Waals surface area contributed by atoms with Crippen LogP contribution in [0.25, 0.3) is 0 Å². The van der Waals surface area contributed by atoms with E-state index in [-0.39, 0.29) is 35.6 Å². The molecule has 6 atom stereocenters. The van der Waals surface area contributed by atoms with Crippen molar-refractivity contribution in [2.75, 3.05) is 0 Å². The molecule has 0 radical (unpaired) electrons. The Kier molecular flexibility index (Phi) is 4.82. The largest absolute Gasteiger partial charge is 0.388 e. The van der Waals surface area contributed by atoms with Crippen molar-refractivity contribution in [1.29, 1.82) is 0 Å². The van der Waals surface area contributed by atoms with Gasteiger partial charge in [0.2, 0.25) is 0 Å². The van der Waals surface area contributed by atoms with Gasteiger partial charge in [-0.05, 0) is 80.1 Å². The van der Waals surface area contributed by atoms with Gasteiger partial charge in [-0.15, -0.1) is 0 Å². The van der Waals surface area contributed by atoms with Gasteiger partial charge in [-0.3, -0.25) is 0 Å². The summed E-state index contributed by atoms with van der Waals surface area (Å²) < 4.78 is 19.0. The maximum atomic E-state index is 10.3. The van der Waals surface area contributed by atoms with Gasteiger partial charge in [0.15, 0.2) is 0 Å².